The number of amides is 2. The van der Waals surface area contributed by atoms with Crippen LogP contribution in [0.1, 0.15) is 19.4 Å². The molecule has 0 unspecified atom stereocenters. The van der Waals surface area contributed by atoms with E-state index in [9.17, 15) is 4.79 Å². The number of urea groups is 1. The van der Waals surface area contributed by atoms with Gasteiger partial charge >= 0.3 is 6.03 Å². The maximum Gasteiger partial charge on any atom is 0.314 e. The maximum atomic E-state index is 11.5. The molecule has 6 heteroatoms. The van der Waals surface area contributed by atoms with E-state index in [4.69, 9.17) is 21.1 Å². The third kappa shape index (κ3) is 4.70. The lowest BCUT2D eigenvalue weighted by molar-refractivity contribution is 0.171. The van der Waals surface area contributed by atoms with Crippen molar-refractivity contribution >= 4 is 17.6 Å². The number of nitrogens with one attached hydrogen (secondary N) is 2. The van der Waals surface area contributed by atoms with Crippen LogP contribution in [0, 0.1) is 5.92 Å². The third-order valence-electron chi connectivity index (χ3n) is 3.03. The van der Waals surface area contributed by atoms with Crippen molar-refractivity contribution in [3.63, 3.8) is 0 Å². The quantitative estimate of drug-likeness (QED) is 0.878. The molecule has 2 amide bonds. The smallest absolute Gasteiger partial charge is 0.314 e. The summed E-state index contributed by atoms with van der Waals surface area (Å²) in [4.78, 5) is 11.5. The van der Waals surface area contributed by atoms with Crippen molar-refractivity contribution in [2.45, 2.75) is 20.3 Å². The van der Waals surface area contributed by atoms with Crippen molar-refractivity contribution in [2.75, 3.05) is 26.3 Å². The molecule has 116 valence electrons. The highest BCUT2D eigenvalue weighted by molar-refractivity contribution is 6.32. The number of hydrogen-bond donors (Lipinski definition) is 2. The maximum absolute atomic E-state index is 11.5. The van der Waals surface area contributed by atoms with Crippen LogP contribution in [0.5, 0.6) is 11.5 Å². The van der Waals surface area contributed by atoms with E-state index in [-0.39, 0.29) is 6.03 Å². The van der Waals surface area contributed by atoms with Crippen LogP contribution in [-0.2, 0) is 6.42 Å². The van der Waals surface area contributed by atoms with Crippen molar-refractivity contribution < 1.29 is 14.3 Å². The first-order chi connectivity index (χ1) is 10.1. The van der Waals surface area contributed by atoms with Gasteiger partial charge in [0.15, 0.2) is 11.5 Å². The molecule has 1 aromatic rings. The van der Waals surface area contributed by atoms with Crippen LogP contribution >= 0.6 is 11.6 Å². The molecule has 0 saturated carbocycles. The zero-order chi connectivity index (χ0) is 15.2. The molecular weight excluding hydrogens is 292 g/mol. The lowest BCUT2D eigenvalue weighted by atomic mass is 10.1. The molecule has 0 atom stereocenters. The number of ether oxygens (including phenoxy) is 2. The molecule has 0 aromatic heterocycles. The van der Waals surface area contributed by atoms with Gasteiger partial charge in [-0.3, -0.25) is 0 Å². The van der Waals surface area contributed by atoms with E-state index >= 15 is 0 Å². The van der Waals surface area contributed by atoms with E-state index in [1.54, 1.807) is 0 Å². The summed E-state index contributed by atoms with van der Waals surface area (Å²) in [5.41, 5.74) is 1.01. The van der Waals surface area contributed by atoms with Gasteiger partial charge < -0.3 is 20.1 Å². The van der Waals surface area contributed by atoms with E-state index in [2.05, 4.69) is 24.5 Å². The topological polar surface area (TPSA) is 59.6 Å². The number of benzene rings is 1. The van der Waals surface area contributed by atoms with Crippen LogP contribution in [-0.4, -0.2) is 32.3 Å². The van der Waals surface area contributed by atoms with E-state index < -0.39 is 0 Å². The highest BCUT2D eigenvalue weighted by atomic mass is 35.5. The molecule has 2 rings (SSSR count). The predicted octanol–water partition coefficient (Wildman–Crippen LogP) is 2.61. The number of carbonyl (C=O) groups is 1. The summed E-state index contributed by atoms with van der Waals surface area (Å²) in [6.45, 7) is 6.36. The highest BCUT2D eigenvalue weighted by Gasteiger charge is 2.16. The number of carbonyl (C=O) groups excluding carboxylic acids is 1. The Kier molecular flexibility index (Phi) is 5.56. The van der Waals surface area contributed by atoms with Gasteiger partial charge in [-0.2, -0.15) is 0 Å². The van der Waals surface area contributed by atoms with Crippen molar-refractivity contribution in [1.82, 2.24) is 10.6 Å². The fourth-order valence-corrected chi connectivity index (χ4v) is 2.28. The first-order valence-corrected chi connectivity index (χ1v) is 7.53. The van der Waals surface area contributed by atoms with Gasteiger partial charge in [0.1, 0.15) is 13.2 Å². The second-order valence-electron chi connectivity index (χ2n) is 5.38. The molecule has 0 aliphatic carbocycles. The second kappa shape index (κ2) is 7.41. The van der Waals surface area contributed by atoms with Crippen molar-refractivity contribution in [3.05, 3.63) is 22.7 Å². The summed E-state index contributed by atoms with van der Waals surface area (Å²) in [6, 6.07) is 3.61. The summed E-state index contributed by atoms with van der Waals surface area (Å²) in [5.74, 6) is 1.72. The largest absolute Gasteiger partial charge is 0.486 e. The molecular formula is C15H21ClN2O3. The molecule has 0 bridgehead atoms. The standard InChI is InChI=1S/C15H21ClN2O3/c1-10(2)9-18-15(19)17-4-3-11-7-12(16)14-13(8-11)20-5-6-21-14/h7-8,10H,3-6,9H2,1-2H3,(H2,17,18,19). The lowest BCUT2D eigenvalue weighted by Crippen LogP contribution is -2.38. The van der Waals surface area contributed by atoms with Gasteiger partial charge in [-0.25, -0.2) is 4.79 Å². The zero-order valence-corrected chi connectivity index (χ0v) is 13.1. The first-order valence-electron chi connectivity index (χ1n) is 7.16. The van der Waals surface area contributed by atoms with Crippen LogP contribution < -0.4 is 20.1 Å². The van der Waals surface area contributed by atoms with Gasteiger partial charge in [0.05, 0.1) is 5.02 Å². The second-order valence-corrected chi connectivity index (χ2v) is 5.79. The van der Waals surface area contributed by atoms with Crippen molar-refractivity contribution in [2.24, 2.45) is 5.92 Å². The van der Waals surface area contributed by atoms with E-state index in [0.717, 1.165) is 5.56 Å². The Labute approximate surface area is 130 Å². The average molecular weight is 313 g/mol. The highest BCUT2D eigenvalue weighted by Crippen LogP contribution is 2.38. The summed E-state index contributed by atoms with van der Waals surface area (Å²) >= 11 is 6.17. The molecule has 1 heterocycles. The third-order valence-corrected chi connectivity index (χ3v) is 3.31. The van der Waals surface area contributed by atoms with E-state index in [1.165, 1.54) is 0 Å². The Morgan fingerprint density at radius 1 is 1.29 bits per heavy atom. The van der Waals surface area contributed by atoms with Gasteiger partial charge in [-0.05, 0) is 30.0 Å². The molecule has 1 aliphatic rings. The minimum absolute atomic E-state index is 0.146. The Hall–Kier alpha value is -1.62. The molecule has 0 spiro atoms. The fourth-order valence-electron chi connectivity index (χ4n) is 1.99. The summed E-state index contributed by atoms with van der Waals surface area (Å²) in [6.07, 6.45) is 0.686. The normalized spacial score (nSPS) is 13.1. The van der Waals surface area contributed by atoms with Crippen LogP contribution in [0.4, 0.5) is 4.79 Å². The van der Waals surface area contributed by atoms with Crippen LogP contribution in [0.15, 0.2) is 12.1 Å². The minimum atomic E-state index is -0.146. The molecule has 21 heavy (non-hydrogen) atoms. The number of rotatable bonds is 5. The Bertz CT molecular complexity index is 506. The first kappa shape index (κ1) is 15.8. The minimum Gasteiger partial charge on any atom is -0.486 e. The summed E-state index contributed by atoms with van der Waals surface area (Å²) < 4.78 is 11.0. The van der Waals surface area contributed by atoms with Crippen LogP contribution in [0.2, 0.25) is 5.02 Å². The van der Waals surface area contributed by atoms with Crippen LogP contribution in [0.3, 0.4) is 0 Å². The van der Waals surface area contributed by atoms with Gasteiger partial charge in [-0.15, -0.1) is 0 Å². The zero-order valence-electron chi connectivity index (χ0n) is 12.4. The van der Waals surface area contributed by atoms with Gasteiger partial charge in [0.2, 0.25) is 0 Å². The van der Waals surface area contributed by atoms with Crippen LogP contribution in [0.25, 0.3) is 0 Å². The Balaban J connectivity index is 1.83. The molecule has 2 N–H and O–H groups in total. The SMILES string of the molecule is CC(C)CNC(=O)NCCc1cc(Cl)c2c(c1)OCCO2. The van der Waals surface area contributed by atoms with Crippen molar-refractivity contribution in [3.8, 4) is 11.5 Å². The molecule has 0 saturated heterocycles. The fraction of sp³-hybridized carbons (Fsp3) is 0.533. The predicted molar refractivity (Wildman–Crippen MR) is 82.4 cm³/mol. The Morgan fingerprint density at radius 2 is 2.05 bits per heavy atom. The van der Waals surface area contributed by atoms with E-state index in [0.29, 0.717) is 55.2 Å². The Morgan fingerprint density at radius 3 is 2.81 bits per heavy atom. The summed E-state index contributed by atoms with van der Waals surface area (Å²) in [7, 11) is 0. The number of fused-ring (bicyclic) bond motifs is 1. The van der Waals surface area contributed by atoms with Gasteiger partial charge in [-0.1, -0.05) is 25.4 Å². The lowest BCUT2D eigenvalue weighted by Gasteiger charge is -2.20. The molecule has 0 radical (unpaired) electrons. The number of hydrogen-bond acceptors (Lipinski definition) is 3. The van der Waals surface area contributed by atoms with Crippen molar-refractivity contribution in [1.29, 1.82) is 0 Å². The average Bonchev–Trinajstić information content (AvgIpc) is 2.45. The molecule has 5 nitrogen and oxygen atoms in total. The molecule has 1 aliphatic heterocycles. The summed E-state index contributed by atoms with van der Waals surface area (Å²) in [5, 5.41) is 6.18. The molecule has 0 fully saturated rings. The monoisotopic (exact) mass is 312 g/mol. The van der Waals surface area contributed by atoms with Gasteiger partial charge in [0.25, 0.3) is 0 Å². The number of halogens is 1. The molecule has 1 aromatic carbocycles. The van der Waals surface area contributed by atoms with Gasteiger partial charge in [0, 0.05) is 13.1 Å². The van der Waals surface area contributed by atoms with E-state index in [1.807, 2.05) is 12.1 Å².